The van der Waals surface area contributed by atoms with Gasteiger partial charge in [0.2, 0.25) is 0 Å². The molecule has 0 radical (unpaired) electrons. The minimum absolute atomic E-state index is 0.116. The molecule has 0 amide bonds. The van der Waals surface area contributed by atoms with Crippen LogP contribution in [-0.4, -0.2) is 9.13 Å². The zero-order chi connectivity index (χ0) is 46.3. The summed E-state index contributed by atoms with van der Waals surface area (Å²) in [4.78, 5) is 4.09. The van der Waals surface area contributed by atoms with Gasteiger partial charge < -0.3 is 9.13 Å². The van der Waals surface area contributed by atoms with Crippen molar-refractivity contribution in [2.75, 3.05) is 0 Å². The molecule has 0 N–H and O–H groups in total. The fourth-order valence-corrected chi connectivity index (χ4v) is 10.5. The fraction of sp³-hybridized carbons (Fsp3) is 0.0984. The van der Waals surface area contributed by atoms with Crippen LogP contribution in [0.3, 0.4) is 0 Å². The van der Waals surface area contributed by atoms with Crippen molar-refractivity contribution in [3.05, 3.63) is 221 Å². The van der Waals surface area contributed by atoms with Crippen LogP contribution >= 0.6 is 0 Å². The maximum atomic E-state index is 14.9. The van der Waals surface area contributed by atoms with Crippen molar-refractivity contribution in [2.45, 2.75) is 40.8 Å². The summed E-state index contributed by atoms with van der Waals surface area (Å²) < 4.78 is 49.1. The lowest BCUT2D eigenvalue weighted by Gasteiger charge is -2.20. The number of aryl methyl sites for hydroxylation is 5. The molecule has 0 fully saturated rings. The van der Waals surface area contributed by atoms with Crippen molar-refractivity contribution < 1.29 is 13.2 Å². The minimum Gasteiger partial charge on any atom is -0.309 e. The SMILES string of the molecule is [C-]#[N+]c1ccc(-n2c3ccccc3c3cc(-c4ccc(C)cc4C)ccc32)cc1-c1cc(-c2c(C)cccc2C(F)(F)F)ccc1-n1c2ccccc2c2cc(-c3ccc(C)cc3C)ccc21. The first-order chi connectivity index (χ1) is 32.4. The lowest BCUT2D eigenvalue weighted by molar-refractivity contribution is -0.137. The van der Waals surface area contributed by atoms with Gasteiger partial charge in [0.05, 0.1) is 39.9 Å². The van der Waals surface area contributed by atoms with Gasteiger partial charge in [0, 0.05) is 27.2 Å². The highest BCUT2D eigenvalue weighted by Gasteiger charge is 2.34. The third-order valence-corrected chi connectivity index (χ3v) is 13.5. The Bertz CT molecular complexity index is 3870. The Morgan fingerprint density at radius 3 is 1.55 bits per heavy atom. The topological polar surface area (TPSA) is 14.2 Å². The van der Waals surface area contributed by atoms with Crippen LogP contribution in [0.15, 0.2) is 176 Å². The van der Waals surface area contributed by atoms with Gasteiger partial charge >= 0.3 is 6.18 Å². The van der Waals surface area contributed by atoms with E-state index in [-0.39, 0.29) is 5.56 Å². The molecule has 0 atom stereocenters. The summed E-state index contributed by atoms with van der Waals surface area (Å²) in [5, 5.41) is 4.27. The van der Waals surface area contributed by atoms with Gasteiger partial charge in [-0.25, -0.2) is 4.85 Å². The summed E-state index contributed by atoms with van der Waals surface area (Å²) in [5.74, 6) is 0. The van der Waals surface area contributed by atoms with Crippen molar-refractivity contribution in [2.24, 2.45) is 0 Å². The Morgan fingerprint density at radius 1 is 0.418 bits per heavy atom. The van der Waals surface area contributed by atoms with Crippen LogP contribution in [0, 0.1) is 41.2 Å². The van der Waals surface area contributed by atoms with Crippen molar-refractivity contribution >= 4 is 49.3 Å². The molecule has 3 nitrogen and oxygen atoms in total. The van der Waals surface area contributed by atoms with Crippen LogP contribution in [0.2, 0.25) is 0 Å². The Labute approximate surface area is 387 Å². The molecule has 0 saturated carbocycles. The zero-order valence-electron chi connectivity index (χ0n) is 37.7. The minimum atomic E-state index is -4.59. The van der Waals surface area contributed by atoms with Crippen LogP contribution in [0.5, 0.6) is 0 Å². The van der Waals surface area contributed by atoms with Crippen molar-refractivity contribution in [1.82, 2.24) is 9.13 Å². The van der Waals surface area contributed by atoms with Gasteiger partial charge in [-0.05, 0) is 163 Å². The van der Waals surface area contributed by atoms with E-state index >= 15 is 0 Å². The molecule has 11 aromatic rings. The molecule has 11 rings (SSSR count). The Morgan fingerprint density at radius 2 is 0.970 bits per heavy atom. The van der Waals surface area contributed by atoms with E-state index in [4.69, 9.17) is 6.57 Å². The molecule has 9 aromatic carbocycles. The number of halogens is 3. The van der Waals surface area contributed by atoms with Gasteiger partial charge in [-0.2, -0.15) is 13.2 Å². The Balaban J connectivity index is 1.19. The predicted octanol–water partition coefficient (Wildman–Crippen LogP) is 17.7. The molecule has 0 aliphatic carbocycles. The van der Waals surface area contributed by atoms with Gasteiger partial charge in [0.1, 0.15) is 0 Å². The normalized spacial score (nSPS) is 11.9. The van der Waals surface area contributed by atoms with Crippen molar-refractivity contribution in [1.29, 1.82) is 0 Å². The molecule has 67 heavy (non-hydrogen) atoms. The van der Waals surface area contributed by atoms with Gasteiger partial charge in [-0.15, -0.1) is 0 Å². The summed E-state index contributed by atoms with van der Waals surface area (Å²) in [5.41, 5.74) is 16.8. The predicted molar refractivity (Wildman–Crippen MR) is 272 cm³/mol. The molecule has 0 aliphatic heterocycles. The van der Waals surface area contributed by atoms with Crippen molar-refractivity contribution in [3.63, 3.8) is 0 Å². The van der Waals surface area contributed by atoms with Gasteiger partial charge in [-0.1, -0.05) is 120 Å². The maximum absolute atomic E-state index is 14.9. The van der Waals surface area contributed by atoms with Crippen LogP contribution in [0.25, 0.3) is 104 Å². The first kappa shape index (κ1) is 41.6. The molecule has 0 aliphatic rings. The summed E-state index contributed by atoms with van der Waals surface area (Å²) in [7, 11) is 0. The highest BCUT2D eigenvalue weighted by molar-refractivity contribution is 6.12. The quantitative estimate of drug-likeness (QED) is 0.148. The molecule has 324 valence electrons. The second kappa shape index (κ2) is 15.8. The average Bonchev–Trinajstić information content (AvgIpc) is 3.83. The smallest absolute Gasteiger partial charge is 0.309 e. The fourth-order valence-electron chi connectivity index (χ4n) is 10.5. The number of para-hydroxylation sites is 2. The Hall–Kier alpha value is -8.14. The van der Waals surface area contributed by atoms with E-state index in [1.807, 2.05) is 48.5 Å². The van der Waals surface area contributed by atoms with E-state index in [9.17, 15) is 13.2 Å². The lowest BCUT2D eigenvalue weighted by atomic mass is 9.91. The maximum Gasteiger partial charge on any atom is 0.417 e. The number of rotatable bonds is 6. The molecule has 6 heteroatoms. The summed E-state index contributed by atoms with van der Waals surface area (Å²) in [6.45, 7) is 18.8. The van der Waals surface area contributed by atoms with Gasteiger partial charge in [0.15, 0.2) is 5.69 Å². The number of alkyl halides is 3. The molecule has 0 saturated heterocycles. The number of hydrogen-bond acceptors (Lipinski definition) is 0. The van der Waals surface area contributed by atoms with Crippen LogP contribution < -0.4 is 0 Å². The molecule has 0 unspecified atom stereocenters. The van der Waals surface area contributed by atoms with Crippen molar-refractivity contribution in [3.8, 4) is 55.9 Å². The van der Waals surface area contributed by atoms with Crippen LogP contribution in [0.1, 0.15) is 33.4 Å². The van der Waals surface area contributed by atoms with E-state index in [1.54, 1.807) is 19.1 Å². The third kappa shape index (κ3) is 6.89. The van der Waals surface area contributed by atoms with E-state index in [0.29, 0.717) is 27.9 Å². The van der Waals surface area contributed by atoms with Crippen LogP contribution in [0.4, 0.5) is 18.9 Å². The first-order valence-corrected chi connectivity index (χ1v) is 22.4. The van der Waals surface area contributed by atoms with E-state index in [0.717, 1.165) is 77.7 Å². The van der Waals surface area contributed by atoms with E-state index in [1.165, 1.54) is 33.9 Å². The monoisotopic (exact) mass is 875 g/mol. The molecular formula is C61H44F3N3. The van der Waals surface area contributed by atoms with Gasteiger partial charge in [0.25, 0.3) is 0 Å². The lowest BCUT2D eigenvalue weighted by Crippen LogP contribution is -2.08. The second-order valence-electron chi connectivity index (χ2n) is 17.8. The van der Waals surface area contributed by atoms with E-state index in [2.05, 4.69) is 145 Å². The molecule has 2 heterocycles. The molecule has 0 bridgehead atoms. The standard InChI is InChI=1S/C61H44F3N3/c1-36-18-24-45(39(4)30-36)41-20-27-57-50(32-41)47-13-7-9-16-55(47)66(57)44-23-26-54(65-6)49(35-44)52-34-43(60-38(3)12-11-15-53(60)61(62,63)64)22-29-59(52)67-56-17-10-8-14-48(56)51-33-42(21-28-58(51)67)46-25-19-37(2)31-40(46)5/h7-35H,1-5H3. The summed E-state index contributed by atoms with van der Waals surface area (Å²) >= 11 is 0. The number of fused-ring (bicyclic) bond motifs is 6. The highest BCUT2D eigenvalue weighted by atomic mass is 19.4. The zero-order valence-corrected chi connectivity index (χ0v) is 37.7. The van der Waals surface area contributed by atoms with E-state index < -0.39 is 11.7 Å². The van der Waals surface area contributed by atoms with Crippen LogP contribution in [-0.2, 0) is 6.18 Å². The summed E-state index contributed by atoms with van der Waals surface area (Å²) in [6.07, 6.45) is -4.59. The average molecular weight is 876 g/mol. The first-order valence-electron chi connectivity index (χ1n) is 22.4. The Kier molecular flexibility index (Phi) is 9.79. The molecular weight excluding hydrogens is 832 g/mol. The number of benzene rings is 9. The third-order valence-electron chi connectivity index (χ3n) is 13.5. The van der Waals surface area contributed by atoms with Gasteiger partial charge in [-0.3, -0.25) is 0 Å². The highest BCUT2D eigenvalue weighted by Crippen LogP contribution is 2.46. The molecule has 0 spiro atoms. The number of aromatic nitrogens is 2. The molecule has 2 aromatic heterocycles. The number of nitrogens with zero attached hydrogens (tertiary/aromatic N) is 3. The second-order valence-corrected chi connectivity index (χ2v) is 17.8. The largest absolute Gasteiger partial charge is 0.417 e. The summed E-state index contributed by atoms with van der Waals surface area (Å²) in [6, 6.07) is 58.5. The number of hydrogen-bond donors (Lipinski definition) is 0.